The predicted octanol–water partition coefficient (Wildman–Crippen LogP) is 3.28. The molecule has 1 saturated carbocycles. The molecule has 96 valence electrons. The Morgan fingerprint density at radius 2 is 2.06 bits per heavy atom. The van der Waals surface area contributed by atoms with Crippen LogP contribution in [-0.4, -0.2) is 11.1 Å². The second-order valence-corrected chi connectivity index (χ2v) is 5.57. The average Bonchev–Trinajstić information content (AvgIpc) is 2.78. The summed E-state index contributed by atoms with van der Waals surface area (Å²) in [5.41, 5.74) is 1.29. The van der Waals surface area contributed by atoms with Gasteiger partial charge in [0.25, 0.3) is 0 Å². The molecule has 1 unspecified atom stereocenters. The van der Waals surface area contributed by atoms with Gasteiger partial charge in [-0.3, -0.25) is 4.79 Å². The number of fused-ring (bicyclic) bond motifs is 2. The van der Waals surface area contributed by atoms with Gasteiger partial charge in [0.05, 0.1) is 5.92 Å². The minimum absolute atomic E-state index is 0.208. The summed E-state index contributed by atoms with van der Waals surface area (Å²) in [5, 5.41) is 9.46. The van der Waals surface area contributed by atoms with Gasteiger partial charge in [-0.05, 0) is 42.9 Å². The summed E-state index contributed by atoms with van der Waals surface area (Å²) in [5.74, 6) is -1.38. The Hall–Kier alpha value is -1.38. The van der Waals surface area contributed by atoms with Gasteiger partial charge in [0.15, 0.2) is 0 Å². The molecule has 1 spiro atoms. The van der Waals surface area contributed by atoms with E-state index in [9.17, 15) is 14.3 Å². The molecule has 0 aliphatic heterocycles. The molecule has 0 radical (unpaired) electrons. The van der Waals surface area contributed by atoms with Crippen LogP contribution >= 0.6 is 0 Å². The molecule has 0 aromatic heterocycles. The summed E-state index contributed by atoms with van der Waals surface area (Å²) >= 11 is 0. The van der Waals surface area contributed by atoms with Crippen LogP contribution in [0.15, 0.2) is 18.2 Å². The Morgan fingerprint density at radius 3 is 2.72 bits per heavy atom. The van der Waals surface area contributed by atoms with E-state index in [2.05, 4.69) is 0 Å². The van der Waals surface area contributed by atoms with Crippen molar-refractivity contribution in [2.75, 3.05) is 0 Å². The minimum Gasteiger partial charge on any atom is -0.481 e. The van der Waals surface area contributed by atoms with Gasteiger partial charge >= 0.3 is 5.97 Å². The summed E-state index contributed by atoms with van der Waals surface area (Å²) in [4.78, 5) is 11.5. The van der Waals surface area contributed by atoms with E-state index in [0.29, 0.717) is 18.4 Å². The number of carboxylic acids is 1. The number of aliphatic carboxylic acids is 1. The van der Waals surface area contributed by atoms with Crippen molar-refractivity contribution in [3.8, 4) is 0 Å². The minimum atomic E-state index is -0.759. The highest BCUT2D eigenvalue weighted by molar-refractivity contribution is 5.73. The lowest BCUT2D eigenvalue weighted by molar-refractivity contribution is -0.145. The molecule has 2 aliphatic carbocycles. The number of rotatable bonds is 1. The highest BCUT2D eigenvalue weighted by atomic mass is 19.1. The molecule has 2 aliphatic rings. The zero-order valence-electron chi connectivity index (χ0n) is 10.3. The zero-order chi connectivity index (χ0) is 12.8. The van der Waals surface area contributed by atoms with Crippen LogP contribution in [0.4, 0.5) is 4.39 Å². The number of carbonyl (C=O) groups is 1. The monoisotopic (exact) mass is 248 g/mol. The third-order valence-corrected chi connectivity index (χ3v) is 4.76. The number of carboxylic acid groups (broad SMARTS) is 1. The van der Waals surface area contributed by atoms with E-state index in [1.54, 1.807) is 6.07 Å². The number of halogens is 1. The van der Waals surface area contributed by atoms with Crippen molar-refractivity contribution in [3.63, 3.8) is 0 Å². The van der Waals surface area contributed by atoms with E-state index in [4.69, 9.17) is 0 Å². The number of hydrogen-bond donors (Lipinski definition) is 1. The highest BCUT2D eigenvalue weighted by Crippen LogP contribution is 2.52. The Labute approximate surface area is 106 Å². The fourth-order valence-electron chi connectivity index (χ4n) is 4.05. The maximum Gasteiger partial charge on any atom is 0.307 e. The van der Waals surface area contributed by atoms with Crippen LogP contribution < -0.4 is 0 Å². The van der Waals surface area contributed by atoms with E-state index in [1.807, 2.05) is 6.07 Å². The third-order valence-electron chi connectivity index (χ3n) is 4.76. The van der Waals surface area contributed by atoms with Gasteiger partial charge in [0.2, 0.25) is 0 Å². The highest BCUT2D eigenvalue weighted by Gasteiger charge is 2.50. The molecule has 0 bridgehead atoms. The molecule has 1 fully saturated rings. The number of benzene rings is 1. The van der Waals surface area contributed by atoms with Gasteiger partial charge in [0, 0.05) is 5.41 Å². The maximum atomic E-state index is 14.2. The Bertz CT molecular complexity index is 489. The van der Waals surface area contributed by atoms with E-state index >= 15 is 0 Å². The third kappa shape index (κ3) is 1.49. The molecular weight excluding hydrogens is 231 g/mol. The lowest BCUT2D eigenvalue weighted by atomic mass is 9.62. The van der Waals surface area contributed by atoms with E-state index in [0.717, 1.165) is 31.2 Å². The number of hydrogen-bond acceptors (Lipinski definition) is 1. The molecule has 3 rings (SSSR count). The second kappa shape index (κ2) is 4.08. The van der Waals surface area contributed by atoms with Crippen molar-refractivity contribution in [2.24, 2.45) is 5.92 Å². The lowest BCUT2D eigenvalue weighted by Crippen LogP contribution is -2.42. The van der Waals surface area contributed by atoms with Gasteiger partial charge < -0.3 is 5.11 Å². The van der Waals surface area contributed by atoms with Gasteiger partial charge in [-0.2, -0.15) is 0 Å². The Kier molecular flexibility index (Phi) is 2.65. The fourth-order valence-corrected chi connectivity index (χ4v) is 4.05. The van der Waals surface area contributed by atoms with Crippen molar-refractivity contribution >= 4 is 5.97 Å². The van der Waals surface area contributed by atoms with E-state index in [-0.39, 0.29) is 5.82 Å². The maximum absolute atomic E-state index is 14.2. The normalized spacial score (nSPS) is 25.1. The van der Waals surface area contributed by atoms with Crippen LogP contribution in [-0.2, 0) is 16.6 Å². The summed E-state index contributed by atoms with van der Waals surface area (Å²) < 4.78 is 14.2. The zero-order valence-corrected chi connectivity index (χ0v) is 10.3. The van der Waals surface area contributed by atoms with Gasteiger partial charge in [-0.25, -0.2) is 4.39 Å². The average molecular weight is 248 g/mol. The molecule has 2 nitrogen and oxygen atoms in total. The topological polar surface area (TPSA) is 37.3 Å². The van der Waals surface area contributed by atoms with Crippen LogP contribution in [0, 0.1) is 11.7 Å². The standard InChI is InChI=1S/C15H17FO2/c16-12-5-3-4-10-6-7-11(14(17)18)15(13(10)12)8-1-2-9-15/h3-5,11H,1-2,6-9H2,(H,17,18). The van der Waals surface area contributed by atoms with E-state index < -0.39 is 17.3 Å². The van der Waals surface area contributed by atoms with E-state index in [1.165, 1.54) is 6.07 Å². The molecule has 18 heavy (non-hydrogen) atoms. The first kappa shape index (κ1) is 11.7. The lowest BCUT2D eigenvalue weighted by Gasteiger charge is -2.41. The Morgan fingerprint density at radius 1 is 1.33 bits per heavy atom. The quantitative estimate of drug-likeness (QED) is 0.828. The van der Waals surface area contributed by atoms with Crippen LogP contribution in [0.5, 0.6) is 0 Å². The molecule has 1 aromatic rings. The summed E-state index contributed by atoms with van der Waals surface area (Å²) in [6, 6.07) is 5.16. The van der Waals surface area contributed by atoms with Crippen molar-refractivity contribution in [2.45, 2.75) is 43.9 Å². The second-order valence-electron chi connectivity index (χ2n) is 5.57. The molecule has 0 saturated heterocycles. The van der Waals surface area contributed by atoms with Crippen molar-refractivity contribution in [1.29, 1.82) is 0 Å². The smallest absolute Gasteiger partial charge is 0.307 e. The molecular formula is C15H17FO2. The summed E-state index contributed by atoms with van der Waals surface area (Å²) in [6.45, 7) is 0. The van der Waals surface area contributed by atoms with Crippen LogP contribution in [0.1, 0.15) is 43.2 Å². The summed E-state index contributed by atoms with van der Waals surface area (Å²) in [6.07, 6.45) is 4.99. The number of aryl methyl sites for hydroxylation is 1. The van der Waals surface area contributed by atoms with Crippen molar-refractivity contribution in [3.05, 3.63) is 35.1 Å². The van der Waals surface area contributed by atoms with Crippen molar-refractivity contribution < 1.29 is 14.3 Å². The molecule has 0 heterocycles. The van der Waals surface area contributed by atoms with Gasteiger partial charge in [0.1, 0.15) is 5.82 Å². The fraction of sp³-hybridized carbons (Fsp3) is 0.533. The van der Waals surface area contributed by atoms with Crippen LogP contribution in [0.25, 0.3) is 0 Å². The first-order valence-corrected chi connectivity index (χ1v) is 6.66. The van der Waals surface area contributed by atoms with Gasteiger partial charge in [-0.15, -0.1) is 0 Å². The molecule has 0 amide bonds. The SMILES string of the molecule is O=C(O)C1CCc2cccc(F)c2C12CCCC2. The van der Waals surface area contributed by atoms with Crippen LogP contribution in [0.2, 0.25) is 0 Å². The molecule has 1 N–H and O–H groups in total. The Balaban J connectivity index is 2.19. The van der Waals surface area contributed by atoms with Crippen molar-refractivity contribution in [1.82, 2.24) is 0 Å². The first-order valence-electron chi connectivity index (χ1n) is 6.66. The largest absolute Gasteiger partial charge is 0.481 e. The molecule has 3 heteroatoms. The molecule has 1 atom stereocenters. The van der Waals surface area contributed by atoms with Crippen LogP contribution in [0.3, 0.4) is 0 Å². The predicted molar refractivity (Wildman–Crippen MR) is 66.0 cm³/mol. The van der Waals surface area contributed by atoms with Gasteiger partial charge in [-0.1, -0.05) is 25.0 Å². The molecule has 1 aromatic carbocycles. The summed E-state index contributed by atoms with van der Waals surface area (Å²) in [7, 11) is 0. The first-order chi connectivity index (χ1) is 8.65.